The number of para-hydroxylation sites is 1. The maximum Gasteiger partial charge on any atom is 0.171 e. The number of anilines is 1. The zero-order chi connectivity index (χ0) is 17.8. The number of rotatable bonds is 5. The van der Waals surface area contributed by atoms with Gasteiger partial charge in [0, 0.05) is 5.69 Å². The Kier molecular flexibility index (Phi) is 5.45. The molecule has 2 fully saturated rings. The van der Waals surface area contributed by atoms with Gasteiger partial charge in [0.2, 0.25) is 0 Å². The Hall–Kier alpha value is -1.99. The highest BCUT2D eigenvalue weighted by Crippen LogP contribution is 2.29. The van der Waals surface area contributed by atoms with Gasteiger partial charge in [-0.1, -0.05) is 48.5 Å². The monoisotopic (exact) mass is 370 g/mol. The third kappa shape index (κ3) is 4.04. The minimum atomic E-state index is -0.0595. The number of thiocarbonyl (C=S) groups is 1. The largest absolute Gasteiger partial charge is 0.370 e. The zero-order valence-electron chi connectivity index (χ0n) is 14.3. The first kappa shape index (κ1) is 17.4. The van der Waals surface area contributed by atoms with Crippen molar-refractivity contribution in [2.75, 3.05) is 18.5 Å². The molecule has 0 saturated carbocycles. The molecule has 26 heavy (non-hydrogen) atoms. The topological polar surface area (TPSA) is 51.8 Å². The van der Waals surface area contributed by atoms with Crippen molar-refractivity contribution in [3.63, 3.8) is 0 Å². The molecular formula is C20H22N2O3S. The Bertz CT molecular complexity index is 728. The SMILES string of the molecule is S=C(Nc1ccccc1)NC1COC2C(OCc3ccccc3)COC12. The third-order valence-corrected chi connectivity index (χ3v) is 4.88. The van der Waals surface area contributed by atoms with Crippen molar-refractivity contribution >= 4 is 23.0 Å². The highest BCUT2D eigenvalue weighted by Gasteiger charge is 2.48. The molecule has 0 radical (unpaired) electrons. The smallest absolute Gasteiger partial charge is 0.171 e. The summed E-state index contributed by atoms with van der Waals surface area (Å²) in [6.45, 7) is 1.66. The van der Waals surface area contributed by atoms with Crippen molar-refractivity contribution in [1.29, 1.82) is 0 Å². The fourth-order valence-corrected chi connectivity index (χ4v) is 3.63. The van der Waals surface area contributed by atoms with E-state index < -0.39 is 0 Å². The predicted molar refractivity (Wildman–Crippen MR) is 104 cm³/mol. The van der Waals surface area contributed by atoms with Gasteiger partial charge in [-0.15, -0.1) is 0 Å². The van der Waals surface area contributed by atoms with E-state index in [1.165, 1.54) is 0 Å². The number of ether oxygens (including phenoxy) is 3. The molecule has 4 rings (SSSR count). The molecular weight excluding hydrogens is 348 g/mol. The van der Waals surface area contributed by atoms with Crippen molar-refractivity contribution in [3.8, 4) is 0 Å². The summed E-state index contributed by atoms with van der Waals surface area (Å²) >= 11 is 5.41. The molecule has 0 spiro atoms. The number of benzene rings is 2. The van der Waals surface area contributed by atoms with Gasteiger partial charge >= 0.3 is 0 Å². The molecule has 0 amide bonds. The summed E-state index contributed by atoms with van der Waals surface area (Å²) in [5.41, 5.74) is 2.11. The fourth-order valence-electron chi connectivity index (χ4n) is 3.37. The van der Waals surface area contributed by atoms with E-state index in [1.807, 2.05) is 48.5 Å². The molecule has 5 nitrogen and oxygen atoms in total. The molecule has 2 saturated heterocycles. The Morgan fingerprint density at radius 2 is 1.65 bits per heavy atom. The van der Waals surface area contributed by atoms with Gasteiger partial charge in [0.15, 0.2) is 5.11 Å². The van der Waals surface area contributed by atoms with E-state index in [0.29, 0.717) is 24.9 Å². The van der Waals surface area contributed by atoms with E-state index >= 15 is 0 Å². The molecule has 2 aliphatic heterocycles. The minimum absolute atomic E-state index is 0.0223. The lowest BCUT2D eigenvalue weighted by atomic mass is 10.1. The molecule has 2 aromatic rings. The Balaban J connectivity index is 1.28. The Morgan fingerprint density at radius 1 is 0.962 bits per heavy atom. The van der Waals surface area contributed by atoms with Crippen LogP contribution < -0.4 is 10.6 Å². The van der Waals surface area contributed by atoms with Crippen LogP contribution in [0.25, 0.3) is 0 Å². The quantitative estimate of drug-likeness (QED) is 0.790. The van der Waals surface area contributed by atoms with Gasteiger partial charge in [-0.25, -0.2) is 0 Å². The summed E-state index contributed by atoms with van der Waals surface area (Å²) in [5.74, 6) is 0. The van der Waals surface area contributed by atoms with Crippen molar-refractivity contribution in [1.82, 2.24) is 5.32 Å². The first-order valence-corrected chi connectivity index (χ1v) is 9.22. The van der Waals surface area contributed by atoms with Crippen LogP contribution in [0.2, 0.25) is 0 Å². The molecule has 2 aromatic carbocycles. The Morgan fingerprint density at radius 3 is 2.42 bits per heavy atom. The van der Waals surface area contributed by atoms with Gasteiger partial charge in [0.05, 0.1) is 25.9 Å². The van der Waals surface area contributed by atoms with Gasteiger partial charge in [-0.2, -0.15) is 0 Å². The lowest BCUT2D eigenvalue weighted by Gasteiger charge is -2.20. The van der Waals surface area contributed by atoms with Gasteiger partial charge < -0.3 is 24.8 Å². The van der Waals surface area contributed by atoms with Gasteiger partial charge in [0.1, 0.15) is 18.3 Å². The molecule has 0 aliphatic carbocycles. The highest BCUT2D eigenvalue weighted by molar-refractivity contribution is 7.80. The average Bonchev–Trinajstić information content (AvgIpc) is 3.25. The molecule has 136 valence electrons. The normalized spacial score (nSPS) is 27.1. The van der Waals surface area contributed by atoms with Crippen LogP contribution in [0.5, 0.6) is 0 Å². The first-order chi connectivity index (χ1) is 12.8. The molecule has 2 aliphatic rings. The highest BCUT2D eigenvalue weighted by atomic mass is 32.1. The van der Waals surface area contributed by atoms with E-state index in [-0.39, 0.29) is 24.4 Å². The van der Waals surface area contributed by atoms with E-state index in [0.717, 1.165) is 11.3 Å². The van der Waals surface area contributed by atoms with Crippen molar-refractivity contribution < 1.29 is 14.2 Å². The lowest BCUT2D eigenvalue weighted by Crippen LogP contribution is -2.45. The minimum Gasteiger partial charge on any atom is -0.370 e. The predicted octanol–water partition coefficient (Wildman–Crippen LogP) is 2.72. The van der Waals surface area contributed by atoms with E-state index in [9.17, 15) is 0 Å². The first-order valence-electron chi connectivity index (χ1n) is 8.81. The standard InChI is InChI=1S/C20H22N2O3S/c26-20(21-15-9-5-2-6-10-15)22-16-12-24-19-17(13-25-18(16)19)23-11-14-7-3-1-4-8-14/h1-10,16-19H,11-13H2,(H2,21,22,26). The second kappa shape index (κ2) is 8.14. The van der Waals surface area contributed by atoms with Gasteiger partial charge in [-0.3, -0.25) is 0 Å². The third-order valence-electron chi connectivity index (χ3n) is 4.66. The van der Waals surface area contributed by atoms with Crippen LogP contribution in [-0.4, -0.2) is 42.7 Å². The molecule has 0 aromatic heterocycles. The van der Waals surface area contributed by atoms with Crippen molar-refractivity contribution in [2.24, 2.45) is 0 Å². The fraction of sp³-hybridized carbons (Fsp3) is 0.350. The van der Waals surface area contributed by atoms with Crippen LogP contribution in [0.4, 0.5) is 5.69 Å². The summed E-state index contributed by atoms with van der Waals surface area (Å²) in [4.78, 5) is 0. The maximum atomic E-state index is 6.03. The summed E-state index contributed by atoms with van der Waals surface area (Å²) in [5, 5.41) is 7.06. The lowest BCUT2D eigenvalue weighted by molar-refractivity contribution is -0.0391. The number of nitrogens with one attached hydrogen (secondary N) is 2. The Labute approximate surface area is 158 Å². The van der Waals surface area contributed by atoms with E-state index in [2.05, 4.69) is 22.8 Å². The maximum absolute atomic E-state index is 6.03. The average molecular weight is 370 g/mol. The zero-order valence-corrected chi connectivity index (χ0v) is 15.2. The molecule has 6 heteroatoms. The summed E-state index contributed by atoms with van der Waals surface area (Å²) in [6, 6.07) is 20.0. The van der Waals surface area contributed by atoms with E-state index in [4.69, 9.17) is 26.4 Å². The van der Waals surface area contributed by atoms with Crippen molar-refractivity contribution in [2.45, 2.75) is 31.0 Å². The van der Waals surface area contributed by atoms with Crippen LogP contribution in [0.3, 0.4) is 0 Å². The summed E-state index contributed by atoms with van der Waals surface area (Å²) in [7, 11) is 0. The van der Waals surface area contributed by atoms with Gasteiger partial charge in [0.25, 0.3) is 0 Å². The summed E-state index contributed by atoms with van der Waals surface area (Å²) < 4.78 is 17.9. The second-order valence-electron chi connectivity index (χ2n) is 6.50. The molecule has 4 unspecified atom stereocenters. The van der Waals surface area contributed by atoms with E-state index in [1.54, 1.807) is 0 Å². The van der Waals surface area contributed by atoms with Crippen LogP contribution >= 0.6 is 12.2 Å². The molecule has 2 heterocycles. The number of fused-ring (bicyclic) bond motifs is 1. The van der Waals surface area contributed by atoms with Crippen LogP contribution in [0, 0.1) is 0 Å². The van der Waals surface area contributed by atoms with Crippen molar-refractivity contribution in [3.05, 3.63) is 66.2 Å². The molecule has 0 bridgehead atoms. The van der Waals surface area contributed by atoms with Crippen LogP contribution in [-0.2, 0) is 20.8 Å². The second-order valence-corrected chi connectivity index (χ2v) is 6.91. The molecule has 4 atom stereocenters. The molecule has 2 N–H and O–H groups in total. The summed E-state index contributed by atoms with van der Waals surface area (Å²) in [6.07, 6.45) is -0.162. The number of hydrogen-bond donors (Lipinski definition) is 2. The van der Waals surface area contributed by atoms with Crippen LogP contribution in [0.15, 0.2) is 60.7 Å². The number of hydrogen-bond acceptors (Lipinski definition) is 4. The van der Waals surface area contributed by atoms with Crippen LogP contribution in [0.1, 0.15) is 5.56 Å². The van der Waals surface area contributed by atoms with Gasteiger partial charge in [-0.05, 0) is 29.9 Å².